The predicted molar refractivity (Wildman–Crippen MR) is 78.5 cm³/mol. The fourth-order valence-corrected chi connectivity index (χ4v) is 2.08. The largest absolute Gasteiger partial charge is 0.478 e. The SMILES string of the molecule is Cc1ccc(-n2cc(C(=O)O)c(-c3ccncc3)n2)cc1. The maximum Gasteiger partial charge on any atom is 0.339 e. The van der Waals surface area contributed by atoms with Gasteiger partial charge in [-0.2, -0.15) is 5.10 Å². The molecule has 0 saturated carbocycles. The van der Waals surface area contributed by atoms with E-state index in [1.165, 1.54) is 6.20 Å². The zero-order valence-electron chi connectivity index (χ0n) is 11.4. The smallest absolute Gasteiger partial charge is 0.339 e. The number of nitrogens with zero attached hydrogens (tertiary/aromatic N) is 3. The van der Waals surface area contributed by atoms with Gasteiger partial charge in [0.05, 0.1) is 5.69 Å². The van der Waals surface area contributed by atoms with Crippen molar-refractivity contribution in [1.29, 1.82) is 0 Å². The van der Waals surface area contributed by atoms with Crippen LogP contribution in [0.4, 0.5) is 0 Å². The van der Waals surface area contributed by atoms with Crippen LogP contribution in [0.15, 0.2) is 55.0 Å². The van der Waals surface area contributed by atoms with Crippen LogP contribution in [0.1, 0.15) is 15.9 Å². The van der Waals surface area contributed by atoms with Gasteiger partial charge in [0.25, 0.3) is 0 Å². The van der Waals surface area contributed by atoms with E-state index in [4.69, 9.17) is 0 Å². The molecule has 0 atom stereocenters. The fraction of sp³-hybridized carbons (Fsp3) is 0.0625. The third kappa shape index (κ3) is 2.53. The van der Waals surface area contributed by atoms with Crippen molar-refractivity contribution in [3.8, 4) is 16.9 Å². The van der Waals surface area contributed by atoms with Crippen LogP contribution in [0.3, 0.4) is 0 Å². The molecule has 2 aromatic heterocycles. The van der Waals surface area contributed by atoms with Gasteiger partial charge in [-0.25, -0.2) is 9.48 Å². The number of pyridine rings is 1. The third-order valence-electron chi connectivity index (χ3n) is 3.20. The average Bonchev–Trinajstić information content (AvgIpc) is 2.94. The Hall–Kier alpha value is -2.95. The lowest BCUT2D eigenvalue weighted by Crippen LogP contribution is -1.96. The van der Waals surface area contributed by atoms with Gasteiger partial charge in [0, 0.05) is 24.2 Å². The van der Waals surface area contributed by atoms with E-state index in [1.807, 2.05) is 31.2 Å². The number of hydrogen-bond acceptors (Lipinski definition) is 3. The van der Waals surface area contributed by atoms with Crippen LogP contribution in [0, 0.1) is 6.92 Å². The molecule has 0 fully saturated rings. The summed E-state index contributed by atoms with van der Waals surface area (Å²) in [4.78, 5) is 15.4. The summed E-state index contributed by atoms with van der Waals surface area (Å²) in [5.41, 5.74) is 3.29. The van der Waals surface area contributed by atoms with Gasteiger partial charge in [0.1, 0.15) is 11.3 Å². The average molecular weight is 279 g/mol. The molecule has 0 radical (unpaired) electrons. The number of hydrogen-bond donors (Lipinski definition) is 1. The highest BCUT2D eigenvalue weighted by atomic mass is 16.4. The molecular formula is C16H13N3O2. The van der Waals surface area contributed by atoms with Crippen LogP contribution >= 0.6 is 0 Å². The molecule has 2 heterocycles. The summed E-state index contributed by atoms with van der Waals surface area (Å²) >= 11 is 0. The van der Waals surface area contributed by atoms with Gasteiger partial charge in [-0.1, -0.05) is 17.7 Å². The zero-order valence-corrected chi connectivity index (χ0v) is 11.4. The number of rotatable bonds is 3. The molecule has 104 valence electrons. The molecule has 21 heavy (non-hydrogen) atoms. The number of benzene rings is 1. The molecule has 0 aliphatic carbocycles. The summed E-state index contributed by atoms with van der Waals surface area (Å²) < 4.78 is 1.58. The van der Waals surface area contributed by atoms with Crippen LogP contribution in [-0.4, -0.2) is 25.8 Å². The van der Waals surface area contributed by atoms with Crippen LogP contribution < -0.4 is 0 Å². The van der Waals surface area contributed by atoms with E-state index in [0.29, 0.717) is 5.69 Å². The minimum Gasteiger partial charge on any atom is -0.478 e. The Labute approximate surface area is 121 Å². The molecule has 5 nitrogen and oxygen atoms in total. The molecule has 0 saturated heterocycles. The van der Waals surface area contributed by atoms with Gasteiger partial charge in [0.15, 0.2) is 0 Å². The number of aryl methyl sites for hydroxylation is 1. The van der Waals surface area contributed by atoms with Gasteiger partial charge in [-0.3, -0.25) is 4.98 Å². The number of carboxylic acids is 1. The van der Waals surface area contributed by atoms with Crippen LogP contribution in [0.25, 0.3) is 16.9 Å². The highest BCUT2D eigenvalue weighted by Gasteiger charge is 2.17. The molecule has 0 bridgehead atoms. The summed E-state index contributed by atoms with van der Waals surface area (Å²) in [7, 11) is 0. The van der Waals surface area contributed by atoms with E-state index in [9.17, 15) is 9.90 Å². The van der Waals surface area contributed by atoms with Crippen molar-refractivity contribution in [2.24, 2.45) is 0 Å². The molecule has 0 aliphatic heterocycles. The Morgan fingerprint density at radius 1 is 1.10 bits per heavy atom. The standard InChI is InChI=1S/C16H13N3O2/c1-11-2-4-13(5-3-11)19-10-14(16(20)21)15(18-19)12-6-8-17-9-7-12/h2-10H,1H3,(H,20,21). The zero-order chi connectivity index (χ0) is 14.8. The lowest BCUT2D eigenvalue weighted by Gasteiger charge is -2.01. The van der Waals surface area contributed by atoms with Crippen molar-refractivity contribution in [2.45, 2.75) is 6.92 Å². The van der Waals surface area contributed by atoms with Crippen molar-refractivity contribution in [2.75, 3.05) is 0 Å². The highest BCUT2D eigenvalue weighted by molar-refractivity contribution is 5.94. The highest BCUT2D eigenvalue weighted by Crippen LogP contribution is 2.23. The van der Waals surface area contributed by atoms with Crippen LogP contribution in [-0.2, 0) is 0 Å². The van der Waals surface area contributed by atoms with Crippen LogP contribution in [0.2, 0.25) is 0 Å². The topological polar surface area (TPSA) is 68.0 Å². The maximum absolute atomic E-state index is 11.4. The van der Waals surface area contributed by atoms with Gasteiger partial charge in [0.2, 0.25) is 0 Å². The summed E-state index contributed by atoms with van der Waals surface area (Å²) in [6.45, 7) is 2.00. The lowest BCUT2D eigenvalue weighted by molar-refractivity contribution is 0.0697. The number of aromatic carboxylic acids is 1. The Morgan fingerprint density at radius 3 is 2.38 bits per heavy atom. The van der Waals surface area contributed by atoms with E-state index in [0.717, 1.165) is 16.8 Å². The summed E-state index contributed by atoms with van der Waals surface area (Å²) in [6, 6.07) is 11.2. The molecule has 1 aromatic carbocycles. The van der Waals surface area contributed by atoms with Crippen molar-refractivity contribution in [3.63, 3.8) is 0 Å². The quantitative estimate of drug-likeness (QED) is 0.800. The Kier molecular flexibility index (Phi) is 3.23. The van der Waals surface area contributed by atoms with E-state index >= 15 is 0 Å². The molecule has 5 heteroatoms. The number of carbonyl (C=O) groups is 1. The van der Waals surface area contributed by atoms with Crippen molar-refractivity contribution in [3.05, 3.63) is 66.1 Å². The van der Waals surface area contributed by atoms with E-state index in [-0.39, 0.29) is 5.56 Å². The third-order valence-corrected chi connectivity index (χ3v) is 3.20. The molecular weight excluding hydrogens is 266 g/mol. The van der Waals surface area contributed by atoms with Crippen LogP contribution in [0.5, 0.6) is 0 Å². The number of carboxylic acid groups (broad SMARTS) is 1. The Morgan fingerprint density at radius 2 is 1.76 bits per heavy atom. The first kappa shape index (κ1) is 13.1. The molecule has 0 unspecified atom stereocenters. The second-order valence-electron chi connectivity index (χ2n) is 4.71. The summed E-state index contributed by atoms with van der Waals surface area (Å²) in [5, 5.41) is 13.8. The molecule has 3 rings (SSSR count). The lowest BCUT2D eigenvalue weighted by atomic mass is 10.1. The van der Waals surface area contributed by atoms with E-state index in [2.05, 4.69) is 10.1 Å². The second kappa shape index (κ2) is 5.20. The molecule has 3 aromatic rings. The molecule has 0 amide bonds. The van der Waals surface area contributed by atoms with E-state index in [1.54, 1.807) is 29.2 Å². The fourth-order valence-electron chi connectivity index (χ4n) is 2.08. The summed E-state index contributed by atoms with van der Waals surface area (Å²) in [6.07, 6.45) is 4.76. The van der Waals surface area contributed by atoms with Gasteiger partial charge in [-0.05, 0) is 31.2 Å². The van der Waals surface area contributed by atoms with Crippen molar-refractivity contribution < 1.29 is 9.90 Å². The number of aromatic nitrogens is 3. The van der Waals surface area contributed by atoms with Crippen molar-refractivity contribution in [1.82, 2.24) is 14.8 Å². The van der Waals surface area contributed by atoms with Gasteiger partial charge >= 0.3 is 5.97 Å². The van der Waals surface area contributed by atoms with E-state index < -0.39 is 5.97 Å². The Bertz CT molecular complexity index is 777. The molecule has 0 aliphatic rings. The minimum absolute atomic E-state index is 0.168. The normalized spacial score (nSPS) is 10.5. The Balaban J connectivity index is 2.13. The maximum atomic E-state index is 11.4. The first-order valence-electron chi connectivity index (χ1n) is 6.45. The molecule has 0 spiro atoms. The van der Waals surface area contributed by atoms with Gasteiger partial charge in [-0.15, -0.1) is 0 Å². The second-order valence-corrected chi connectivity index (χ2v) is 4.71. The predicted octanol–water partition coefficient (Wildman–Crippen LogP) is 2.94. The first-order chi connectivity index (χ1) is 10.1. The molecule has 1 N–H and O–H groups in total. The van der Waals surface area contributed by atoms with Crippen molar-refractivity contribution >= 4 is 5.97 Å². The monoisotopic (exact) mass is 279 g/mol. The summed E-state index contributed by atoms with van der Waals surface area (Å²) in [5.74, 6) is -1.000. The van der Waals surface area contributed by atoms with Gasteiger partial charge < -0.3 is 5.11 Å². The minimum atomic E-state index is -1.000. The first-order valence-corrected chi connectivity index (χ1v) is 6.45.